The smallest absolute Gasteiger partial charge is 0.357 e. The second kappa shape index (κ2) is 6.15. The highest BCUT2D eigenvalue weighted by Crippen LogP contribution is 2.23. The molecule has 2 heterocycles. The summed E-state index contributed by atoms with van der Waals surface area (Å²) in [4.78, 5) is 15.5. The van der Waals surface area contributed by atoms with Crippen LogP contribution in [0.15, 0.2) is 5.38 Å². The lowest BCUT2D eigenvalue weighted by Gasteiger charge is -2.28. The molecule has 6 heteroatoms. The van der Waals surface area contributed by atoms with Gasteiger partial charge in [0.15, 0.2) is 10.8 Å². The summed E-state index contributed by atoms with van der Waals surface area (Å²) in [6.07, 6.45) is 2.15. The van der Waals surface area contributed by atoms with Gasteiger partial charge in [-0.25, -0.2) is 9.78 Å². The third-order valence-corrected chi connectivity index (χ3v) is 4.00. The zero-order valence-corrected chi connectivity index (χ0v) is 11.5. The molecule has 0 amide bonds. The number of carbonyl (C=O) groups is 1. The molecule has 1 N–H and O–H groups in total. The Morgan fingerprint density at radius 2 is 2.33 bits per heavy atom. The lowest BCUT2D eigenvalue weighted by Crippen LogP contribution is -2.30. The van der Waals surface area contributed by atoms with Crippen LogP contribution in [-0.4, -0.2) is 37.3 Å². The van der Waals surface area contributed by atoms with Crippen LogP contribution in [0.5, 0.6) is 0 Å². The molecule has 0 aliphatic carbocycles. The highest BCUT2D eigenvalue weighted by Gasteiger charge is 2.21. The number of rotatable bonds is 4. The van der Waals surface area contributed by atoms with E-state index < -0.39 is 5.97 Å². The lowest BCUT2D eigenvalue weighted by molar-refractivity contribution is 0.0595. The van der Waals surface area contributed by atoms with Crippen molar-refractivity contribution in [3.63, 3.8) is 0 Å². The van der Waals surface area contributed by atoms with E-state index in [9.17, 15) is 4.79 Å². The molecule has 1 aliphatic heterocycles. The summed E-state index contributed by atoms with van der Waals surface area (Å²) in [6.45, 7) is 3.82. The van der Waals surface area contributed by atoms with Crippen LogP contribution in [0, 0.1) is 5.92 Å². The largest absolute Gasteiger partial charge is 0.464 e. The number of anilines is 1. The summed E-state index contributed by atoms with van der Waals surface area (Å²) in [5.74, 6) is 0.210. The zero-order chi connectivity index (χ0) is 13.0. The van der Waals surface area contributed by atoms with Crippen molar-refractivity contribution in [3.05, 3.63) is 11.1 Å². The molecule has 1 fully saturated rings. The van der Waals surface area contributed by atoms with Crippen LogP contribution in [0.3, 0.4) is 0 Å². The maximum atomic E-state index is 11.3. The number of hydrogen-bond donors (Lipinski definition) is 1. The Morgan fingerprint density at radius 3 is 3.00 bits per heavy atom. The number of aromatic nitrogens is 1. The number of nitrogens with zero attached hydrogens (tertiary/aromatic N) is 1. The minimum absolute atomic E-state index is 0.338. The zero-order valence-electron chi connectivity index (χ0n) is 10.6. The van der Waals surface area contributed by atoms with Crippen molar-refractivity contribution in [1.29, 1.82) is 0 Å². The molecule has 1 unspecified atom stereocenters. The van der Waals surface area contributed by atoms with Crippen molar-refractivity contribution in [3.8, 4) is 0 Å². The number of thiazole rings is 1. The number of carbonyl (C=O) groups excluding carboxylic acids is 1. The van der Waals surface area contributed by atoms with E-state index in [-0.39, 0.29) is 0 Å². The van der Waals surface area contributed by atoms with E-state index in [1.807, 2.05) is 0 Å². The van der Waals surface area contributed by atoms with Crippen LogP contribution in [0.25, 0.3) is 0 Å². The van der Waals surface area contributed by atoms with Gasteiger partial charge < -0.3 is 14.8 Å². The average molecular weight is 270 g/mol. The number of hydrogen-bond acceptors (Lipinski definition) is 6. The molecule has 0 bridgehead atoms. The summed E-state index contributed by atoms with van der Waals surface area (Å²) in [7, 11) is 1.36. The van der Waals surface area contributed by atoms with E-state index in [4.69, 9.17) is 4.74 Å². The van der Waals surface area contributed by atoms with Crippen molar-refractivity contribution in [1.82, 2.24) is 4.98 Å². The molecule has 0 radical (unpaired) electrons. The molecule has 0 spiro atoms. The summed E-state index contributed by atoms with van der Waals surface area (Å²) >= 11 is 1.43. The lowest BCUT2D eigenvalue weighted by atomic mass is 9.93. The van der Waals surface area contributed by atoms with Gasteiger partial charge in [-0.1, -0.05) is 0 Å². The van der Waals surface area contributed by atoms with Gasteiger partial charge in [0.1, 0.15) is 0 Å². The van der Waals surface area contributed by atoms with Gasteiger partial charge in [0.2, 0.25) is 0 Å². The van der Waals surface area contributed by atoms with Crippen molar-refractivity contribution < 1.29 is 14.3 Å². The van der Waals surface area contributed by atoms with E-state index in [1.54, 1.807) is 5.38 Å². The van der Waals surface area contributed by atoms with Gasteiger partial charge in [0, 0.05) is 24.6 Å². The van der Waals surface area contributed by atoms with Gasteiger partial charge in [-0.2, -0.15) is 0 Å². The quantitative estimate of drug-likeness (QED) is 0.850. The van der Waals surface area contributed by atoms with Gasteiger partial charge >= 0.3 is 5.97 Å². The van der Waals surface area contributed by atoms with E-state index in [0.29, 0.717) is 17.7 Å². The van der Waals surface area contributed by atoms with E-state index in [1.165, 1.54) is 18.4 Å². The maximum absolute atomic E-state index is 11.3. The molecule has 1 saturated heterocycles. The Labute approximate surface area is 111 Å². The topological polar surface area (TPSA) is 60.5 Å². The van der Waals surface area contributed by atoms with E-state index in [0.717, 1.165) is 31.2 Å². The Balaban J connectivity index is 1.92. The fourth-order valence-corrected chi connectivity index (χ4v) is 2.84. The minimum atomic E-state index is -0.391. The van der Waals surface area contributed by atoms with Crippen molar-refractivity contribution in [2.45, 2.75) is 25.8 Å². The summed E-state index contributed by atoms with van der Waals surface area (Å²) in [5.41, 5.74) is 0.365. The van der Waals surface area contributed by atoms with Crippen LogP contribution in [0.1, 0.15) is 30.3 Å². The number of nitrogens with one attached hydrogen (secondary N) is 1. The normalized spacial score (nSPS) is 18.3. The third kappa shape index (κ3) is 3.20. The molecule has 100 valence electrons. The average Bonchev–Trinajstić information content (AvgIpc) is 2.87. The summed E-state index contributed by atoms with van der Waals surface area (Å²) in [5, 5.41) is 5.84. The molecule has 0 aromatic carbocycles. The van der Waals surface area contributed by atoms with Crippen molar-refractivity contribution in [2.75, 3.05) is 25.6 Å². The molecule has 5 nitrogen and oxygen atoms in total. The highest BCUT2D eigenvalue weighted by molar-refractivity contribution is 7.13. The van der Waals surface area contributed by atoms with Crippen LogP contribution in [-0.2, 0) is 9.47 Å². The van der Waals surface area contributed by atoms with Gasteiger partial charge in [0.05, 0.1) is 7.11 Å². The highest BCUT2D eigenvalue weighted by atomic mass is 32.1. The predicted octanol–water partition coefficient (Wildman–Crippen LogP) is 2.16. The van der Waals surface area contributed by atoms with E-state index in [2.05, 4.69) is 22.0 Å². The molecule has 1 aromatic heterocycles. The third-order valence-electron chi connectivity index (χ3n) is 3.22. The second-order valence-corrected chi connectivity index (χ2v) is 5.27. The fourth-order valence-electron chi connectivity index (χ4n) is 2.07. The SMILES string of the molecule is COC(=O)c1csc(NC(C)C2CCOCC2)n1. The predicted molar refractivity (Wildman–Crippen MR) is 70.1 cm³/mol. The van der Waals surface area contributed by atoms with Crippen LogP contribution in [0.4, 0.5) is 5.13 Å². The molecule has 18 heavy (non-hydrogen) atoms. The standard InChI is InChI=1S/C12H18N2O3S/c1-8(9-3-5-17-6-4-9)13-12-14-10(7-18-12)11(15)16-2/h7-9H,3-6H2,1-2H3,(H,13,14). The molecular formula is C12H18N2O3S. The molecule has 1 aliphatic rings. The first kappa shape index (κ1) is 13.3. The molecule has 1 aromatic rings. The molecule has 1 atom stereocenters. The van der Waals surface area contributed by atoms with Crippen LogP contribution in [0.2, 0.25) is 0 Å². The number of esters is 1. The number of methoxy groups -OCH3 is 1. The van der Waals surface area contributed by atoms with E-state index >= 15 is 0 Å². The second-order valence-electron chi connectivity index (χ2n) is 4.41. The molecule has 2 rings (SSSR count). The first-order chi connectivity index (χ1) is 8.70. The van der Waals surface area contributed by atoms with Crippen LogP contribution < -0.4 is 5.32 Å². The molecule has 0 saturated carbocycles. The Bertz CT molecular complexity index is 402. The van der Waals surface area contributed by atoms with Gasteiger partial charge in [-0.05, 0) is 25.7 Å². The summed E-state index contributed by atoms with van der Waals surface area (Å²) < 4.78 is 9.98. The van der Waals surface area contributed by atoms with Gasteiger partial charge in [-0.15, -0.1) is 11.3 Å². The van der Waals surface area contributed by atoms with Gasteiger partial charge in [0.25, 0.3) is 0 Å². The Morgan fingerprint density at radius 1 is 1.61 bits per heavy atom. The van der Waals surface area contributed by atoms with Crippen molar-refractivity contribution in [2.24, 2.45) is 5.92 Å². The maximum Gasteiger partial charge on any atom is 0.357 e. The van der Waals surface area contributed by atoms with Gasteiger partial charge in [-0.3, -0.25) is 0 Å². The first-order valence-electron chi connectivity index (χ1n) is 6.09. The Hall–Kier alpha value is -1.14. The first-order valence-corrected chi connectivity index (χ1v) is 6.97. The van der Waals surface area contributed by atoms with Crippen molar-refractivity contribution >= 4 is 22.4 Å². The number of ether oxygens (including phenoxy) is 2. The summed E-state index contributed by atoms with van der Waals surface area (Å²) in [6, 6.07) is 0.338. The fraction of sp³-hybridized carbons (Fsp3) is 0.667. The van der Waals surface area contributed by atoms with Crippen LogP contribution >= 0.6 is 11.3 Å². The molecular weight excluding hydrogens is 252 g/mol. The Kier molecular flexibility index (Phi) is 4.54. The minimum Gasteiger partial charge on any atom is -0.464 e. The monoisotopic (exact) mass is 270 g/mol.